The van der Waals surface area contributed by atoms with Crippen LogP contribution in [0, 0.1) is 0 Å². The van der Waals surface area contributed by atoms with Crippen molar-refractivity contribution in [2.24, 2.45) is 14.1 Å². The molecule has 104 valence electrons. The van der Waals surface area contributed by atoms with Gasteiger partial charge >= 0.3 is 5.69 Å². The molecular formula is C9H9N7O2S2. The van der Waals surface area contributed by atoms with E-state index in [0.717, 1.165) is 4.57 Å². The highest BCUT2D eigenvalue weighted by Crippen LogP contribution is 2.29. The van der Waals surface area contributed by atoms with E-state index in [4.69, 9.17) is 5.73 Å². The molecule has 0 saturated heterocycles. The lowest BCUT2D eigenvalue weighted by Crippen LogP contribution is -2.36. The van der Waals surface area contributed by atoms with E-state index in [-0.39, 0.29) is 5.52 Å². The van der Waals surface area contributed by atoms with Crippen molar-refractivity contribution >= 4 is 39.4 Å². The third-order valence-electron chi connectivity index (χ3n) is 2.68. The number of nitrogens with two attached hydrogens (primary N) is 1. The molecule has 0 radical (unpaired) electrons. The van der Waals surface area contributed by atoms with Crippen LogP contribution in [-0.4, -0.2) is 29.3 Å². The zero-order valence-electron chi connectivity index (χ0n) is 10.4. The van der Waals surface area contributed by atoms with Gasteiger partial charge in [-0.1, -0.05) is 11.3 Å². The van der Waals surface area contributed by atoms with Crippen LogP contribution in [0.3, 0.4) is 0 Å². The summed E-state index contributed by atoms with van der Waals surface area (Å²) >= 11 is 2.41. The van der Waals surface area contributed by atoms with Crippen molar-refractivity contribution in [1.82, 2.24) is 29.3 Å². The van der Waals surface area contributed by atoms with E-state index >= 15 is 0 Å². The molecule has 0 aliphatic carbocycles. The lowest BCUT2D eigenvalue weighted by molar-refractivity contribution is 0.708. The summed E-state index contributed by atoms with van der Waals surface area (Å²) < 4.78 is 2.94. The Morgan fingerprint density at radius 2 is 2.00 bits per heavy atom. The Balaban J connectivity index is 2.16. The highest BCUT2D eigenvalue weighted by Gasteiger charge is 2.15. The van der Waals surface area contributed by atoms with Crippen LogP contribution in [0.4, 0.5) is 5.13 Å². The number of nitrogens with zero attached hydrogens (tertiary/aromatic N) is 5. The second-order valence-corrected chi connectivity index (χ2v) is 6.20. The van der Waals surface area contributed by atoms with E-state index in [1.165, 1.54) is 34.7 Å². The number of fused-ring (bicyclic) bond motifs is 1. The molecule has 0 saturated carbocycles. The number of nitrogen functional groups attached to an aromatic ring is 1. The summed E-state index contributed by atoms with van der Waals surface area (Å²) in [5, 5.41) is 8.36. The molecular weight excluding hydrogens is 302 g/mol. The maximum atomic E-state index is 12.0. The van der Waals surface area contributed by atoms with Gasteiger partial charge in [-0.2, -0.15) is 0 Å². The lowest BCUT2D eigenvalue weighted by Gasteiger charge is -2.00. The summed E-state index contributed by atoms with van der Waals surface area (Å²) in [5.41, 5.74) is 5.23. The Labute approximate surface area is 119 Å². The van der Waals surface area contributed by atoms with Gasteiger partial charge in [0, 0.05) is 14.1 Å². The van der Waals surface area contributed by atoms with Crippen molar-refractivity contribution in [1.29, 1.82) is 0 Å². The third-order valence-corrected chi connectivity index (χ3v) is 4.37. The Kier molecular flexibility index (Phi) is 2.87. The number of aromatic amines is 1. The van der Waals surface area contributed by atoms with E-state index in [2.05, 4.69) is 20.2 Å². The first-order valence-electron chi connectivity index (χ1n) is 5.40. The number of hydrogen-bond donors (Lipinski definition) is 2. The molecule has 0 aromatic carbocycles. The third kappa shape index (κ3) is 1.91. The molecule has 3 N–H and O–H groups in total. The second-order valence-electron chi connectivity index (χ2n) is 3.95. The van der Waals surface area contributed by atoms with Gasteiger partial charge in [-0.25, -0.2) is 9.78 Å². The van der Waals surface area contributed by atoms with Crippen molar-refractivity contribution in [2.45, 2.75) is 9.50 Å². The molecule has 0 unspecified atom stereocenters. The monoisotopic (exact) mass is 311 g/mol. The molecule has 0 aliphatic rings. The molecule has 11 heteroatoms. The summed E-state index contributed by atoms with van der Waals surface area (Å²) in [6.45, 7) is 0. The van der Waals surface area contributed by atoms with E-state index in [1.54, 1.807) is 7.05 Å². The minimum absolute atomic E-state index is 0.273. The van der Waals surface area contributed by atoms with Crippen LogP contribution in [0.5, 0.6) is 0 Å². The molecule has 0 atom stereocenters. The van der Waals surface area contributed by atoms with Crippen molar-refractivity contribution in [3.63, 3.8) is 0 Å². The Morgan fingerprint density at radius 3 is 2.65 bits per heavy atom. The van der Waals surface area contributed by atoms with Crippen LogP contribution in [0.25, 0.3) is 11.2 Å². The van der Waals surface area contributed by atoms with E-state index in [9.17, 15) is 9.59 Å². The fraction of sp³-hybridized carbons (Fsp3) is 0.222. The van der Waals surface area contributed by atoms with Crippen LogP contribution < -0.4 is 17.0 Å². The summed E-state index contributed by atoms with van der Waals surface area (Å²) in [7, 11) is 2.98. The second kappa shape index (κ2) is 4.45. The maximum absolute atomic E-state index is 12.0. The van der Waals surface area contributed by atoms with E-state index < -0.39 is 11.2 Å². The van der Waals surface area contributed by atoms with Gasteiger partial charge in [-0.15, -0.1) is 10.2 Å². The highest BCUT2D eigenvalue weighted by molar-refractivity contribution is 8.00. The summed E-state index contributed by atoms with van der Waals surface area (Å²) in [6, 6.07) is 0. The summed E-state index contributed by atoms with van der Waals surface area (Å²) in [5.74, 6) is 0. The first-order valence-corrected chi connectivity index (χ1v) is 7.03. The molecule has 3 rings (SSSR count). The Morgan fingerprint density at radius 1 is 1.25 bits per heavy atom. The molecule has 0 spiro atoms. The van der Waals surface area contributed by atoms with Gasteiger partial charge in [0.15, 0.2) is 20.7 Å². The van der Waals surface area contributed by atoms with E-state index in [1.807, 2.05) is 0 Å². The standard InChI is InChI=1S/C9H9N7O2S2/c1-15-4-3(5(17)16(2)9(15)18)11-7(12-4)20-8-14-13-6(10)19-8/h1-2H3,(H2,10,13)(H,11,12). The van der Waals surface area contributed by atoms with Crippen LogP contribution in [0.1, 0.15) is 0 Å². The van der Waals surface area contributed by atoms with Gasteiger partial charge in [0.2, 0.25) is 5.13 Å². The molecule has 20 heavy (non-hydrogen) atoms. The first kappa shape index (κ1) is 12.9. The molecule has 0 aliphatic heterocycles. The van der Waals surface area contributed by atoms with Gasteiger partial charge < -0.3 is 10.7 Å². The van der Waals surface area contributed by atoms with Crippen LogP contribution >= 0.6 is 23.1 Å². The fourth-order valence-corrected chi connectivity index (χ4v) is 3.23. The van der Waals surface area contributed by atoms with Gasteiger partial charge in [0.25, 0.3) is 5.56 Å². The molecule has 0 fully saturated rings. The SMILES string of the molecule is Cn1c(=O)c2[nH]c(Sc3nnc(N)s3)nc2n(C)c1=O. The highest BCUT2D eigenvalue weighted by atomic mass is 32.2. The van der Waals surface area contributed by atoms with Crippen molar-refractivity contribution in [2.75, 3.05) is 5.73 Å². The van der Waals surface area contributed by atoms with Crippen molar-refractivity contribution < 1.29 is 0 Å². The normalized spacial score (nSPS) is 11.3. The minimum Gasteiger partial charge on any atom is -0.374 e. The number of H-pyrrole nitrogens is 1. The number of nitrogens with one attached hydrogen (secondary N) is 1. The predicted octanol–water partition coefficient (Wildman–Crippen LogP) is -0.455. The van der Waals surface area contributed by atoms with Gasteiger partial charge in [-0.3, -0.25) is 13.9 Å². The van der Waals surface area contributed by atoms with Crippen LogP contribution in [0.2, 0.25) is 0 Å². The summed E-state index contributed by atoms with van der Waals surface area (Å²) in [4.78, 5) is 30.9. The molecule has 3 aromatic heterocycles. The first-order chi connectivity index (χ1) is 9.47. The lowest BCUT2D eigenvalue weighted by atomic mass is 10.5. The Hall–Kier alpha value is -2.14. The summed E-state index contributed by atoms with van der Waals surface area (Å²) in [6.07, 6.45) is 0. The van der Waals surface area contributed by atoms with Crippen molar-refractivity contribution in [3.05, 3.63) is 20.8 Å². The largest absolute Gasteiger partial charge is 0.374 e. The number of aromatic nitrogens is 6. The van der Waals surface area contributed by atoms with Crippen LogP contribution in [-0.2, 0) is 14.1 Å². The zero-order chi connectivity index (χ0) is 14.4. The van der Waals surface area contributed by atoms with E-state index in [0.29, 0.717) is 20.3 Å². The Bertz CT molecular complexity index is 919. The number of aryl methyl sites for hydroxylation is 1. The average molecular weight is 311 g/mol. The van der Waals surface area contributed by atoms with Crippen molar-refractivity contribution in [3.8, 4) is 0 Å². The van der Waals surface area contributed by atoms with Crippen LogP contribution in [0.15, 0.2) is 19.1 Å². The maximum Gasteiger partial charge on any atom is 0.332 e. The number of anilines is 1. The minimum atomic E-state index is -0.425. The molecule has 0 bridgehead atoms. The smallest absolute Gasteiger partial charge is 0.332 e. The molecule has 3 heterocycles. The zero-order valence-corrected chi connectivity index (χ0v) is 12.1. The molecule has 0 amide bonds. The number of hydrogen-bond acceptors (Lipinski definition) is 8. The van der Waals surface area contributed by atoms with Gasteiger partial charge in [-0.05, 0) is 11.8 Å². The topological polar surface area (TPSA) is 124 Å². The molecule has 9 nitrogen and oxygen atoms in total. The predicted molar refractivity (Wildman–Crippen MR) is 75.0 cm³/mol. The average Bonchev–Trinajstić information content (AvgIpc) is 3.01. The number of rotatable bonds is 2. The molecule has 3 aromatic rings. The fourth-order valence-electron chi connectivity index (χ4n) is 1.70. The van der Waals surface area contributed by atoms with Gasteiger partial charge in [0.05, 0.1) is 0 Å². The number of imidazole rings is 1. The quantitative estimate of drug-likeness (QED) is 0.656. The van der Waals surface area contributed by atoms with Gasteiger partial charge in [0.1, 0.15) is 0 Å².